The molecule has 4 atom stereocenters. The molecule has 252 valence electrons. The number of carbonyl (C=O) groups is 2. The highest BCUT2D eigenvalue weighted by atomic mass is 32.2. The topological polar surface area (TPSA) is 110 Å². The van der Waals surface area contributed by atoms with Crippen LogP contribution in [0.25, 0.3) is 0 Å². The highest BCUT2D eigenvalue weighted by Gasteiger charge is 2.39. The maximum atomic E-state index is 13.5. The summed E-state index contributed by atoms with van der Waals surface area (Å²) in [6, 6.07) is 19.1. The molecule has 0 aromatic heterocycles. The first-order chi connectivity index (χ1) is 22.5. The number of anilines is 1. The summed E-state index contributed by atoms with van der Waals surface area (Å²) in [7, 11) is 0. The molecule has 10 nitrogen and oxygen atoms in total. The van der Waals surface area contributed by atoms with E-state index in [0.717, 1.165) is 33.9 Å². The van der Waals surface area contributed by atoms with E-state index in [1.807, 2.05) is 52.8 Å². The maximum absolute atomic E-state index is 13.5. The Kier molecular flexibility index (Phi) is 11.0. The number of alkyl halides is 3. The van der Waals surface area contributed by atoms with Crippen LogP contribution in [0, 0.1) is 5.92 Å². The van der Waals surface area contributed by atoms with Crippen molar-refractivity contribution in [2.75, 3.05) is 31.3 Å². The Labute approximate surface area is 274 Å². The van der Waals surface area contributed by atoms with Crippen molar-refractivity contribution in [2.45, 2.75) is 56.2 Å². The van der Waals surface area contributed by atoms with Gasteiger partial charge >= 0.3 is 12.5 Å². The van der Waals surface area contributed by atoms with Crippen molar-refractivity contribution in [3.63, 3.8) is 0 Å². The highest BCUT2D eigenvalue weighted by molar-refractivity contribution is 7.97. The van der Waals surface area contributed by atoms with Gasteiger partial charge in [0.25, 0.3) is 5.91 Å². The van der Waals surface area contributed by atoms with Crippen molar-refractivity contribution in [3.05, 3.63) is 78.4 Å². The van der Waals surface area contributed by atoms with Crippen LogP contribution in [-0.4, -0.2) is 72.5 Å². The van der Waals surface area contributed by atoms with Crippen molar-refractivity contribution in [1.29, 1.82) is 0 Å². The molecule has 2 aliphatic rings. The molecule has 3 aromatic carbocycles. The average molecular weight is 676 g/mol. The molecular weight excluding hydrogens is 639 g/mol. The number of nitrogens with zero attached hydrogens (tertiary/aromatic N) is 2. The molecule has 0 radical (unpaired) electrons. The van der Waals surface area contributed by atoms with Gasteiger partial charge in [0.2, 0.25) is 6.79 Å². The number of fused-ring (bicyclic) bond motifs is 1. The Morgan fingerprint density at radius 3 is 2.60 bits per heavy atom. The van der Waals surface area contributed by atoms with Crippen molar-refractivity contribution in [3.8, 4) is 17.2 Å². The minimum absolute atomic E-state index is 0.0779. The van der Waals surface area contributed by atoms with Gasteiger partial charge in [0.15, 0.2) is 17.6 Å². The van der Waals surface area contributed by atoms with Gasteiger partial charge in [-0.1, -0.05) is 56.7 Å². The van der Waals surface area contributed by atoms with Gasteiger partial charge in [-0.05, 0) is 60.2 Å². The standard InChI is InChI=1S/C33H36F3N3O7S/c1-3-21(2)17-38(47-25-12-13-28-29(16-25)44-20-43-28)18-27(40)26(14-22-8-5-4-6-9-22)37-31(41)30-19-39(32(42)45-30)23-10-7-11-24(15-23)46-33(34,35)36/h4-13,15-16,21,26-27,30,40H,3,14,17-20H2,1-2H3,(H,37,41). The minimum Gasteiger partial charge on any atom is -0.454 e. The Bertz CT molecular complexity index is 1530. The number of nitrogens with one attached hydrogen (secondary N) is 1. The maximum Gasteiger partial charge on any atom is 0.573 e. The summed E-state index contributed by atoms with van der Waals surface area (Å²) in [5.74, 6) is 0.479. The van der Waals surface area contributed by atoms with Crippen molar-refractivity contribution in [1.82, 2.24) is 9.62 Å². The lowest BCUT2D eigenvalue weighted by atomic mass is 10.0. The monoisotopic (exact) mass is 675 g/mol. The number of cyclic esters (lactones) is 1. The zero-order valence-electron chi connectivity index (χ0n) is 25.8. The van der Waals surface area contributed by atoms with Crippen molar-refractivity contribution in [2.24, 2.45) is 5.92 Å². The van der Waals surface area contributed by atoms with Gasteiger partial charge < -0.3 is 29.4 Å². The zero-order valence-corrected chi connectivity index (χ0v) is 26.6. The Hall–Kier alpha value is -4.14. The van der Waals surface area contributed by atoms with Crippen LogP contribution in [0.2, 0.25) is 0 Å². The lowest BCUT2D eigenvalue weighted by Crippen LogP contribution is -2.52. The van der Waals surface area contributed by atoms with E-state index in [0.29, 0.717) is 30.4 Å². The lowest BCUT2D eigenvalue weighted by molar-refractivity contribution is -0.274. The van der Waals surface area contributed by atoms with Crippen LogP contribution in [0.15, 0.2) is 77.7 Å². The highest BCUT2D eigenvalue weighted by Crippen LogP contribution is 2.37. The second-order valence-corrected chi connectivity index (χ2v) is 12.5. The third-order valence-corrected chi connectivity index (χ3v) is 8.76. The average Bonchev–Trinajstić information content (AvgIpc) is 3.66. The Morgan fingerprint density at radius 2 is 1.85 bits per heavy atom. The fourth-order valence-electron chi connectivity index (χ4n) is 5.13. The van der Waals surface area contributed by atoms with Crippen molar-refractivity contribution >= 4 is 29.6 Å². The fourth-order valence-corrected chi connectivity index (χ4v) is 6.27. The SMILES string of the molecule is CCC(C)CN(CC(O)C(Cc1ccccc1)NC(=O)C1CN(c2cccc(OC(F)(F)F)c2)C(=O)O1)Sc1ccc2c(c1)OCO2. The third-order valence-electron chi connectivity index (χ3n) is 7.74. The van der Waals surface area contributed by atoms with E-state index in [-0.39, 0.29) is 25.6 Å². The summed E-state index contributed by atoms with van der Waals surface area (Å²) >= 11 is 1.47. The summed E-state index contributed by atoms with van der Waals surface area (Å²) in [4.78, 5) is 28.2. The second-order valence-electron chi connectivity index (χ2n) is 11.4. The number of benzene rings is 3. The Balaban J connectivity index is 1.29. The van der Waals surface area contributed by atoms with E-state index in [4.69, 9.17) is 14.2 Å². The normalized spacial score (nSPS) is 17.7. The Morgan fingerprint density at radius 1 is 1.09 bits per heavy atom. The van der Waals surface area contributed by atoms with Crippen LogP contribution in [0.3, 0.4) is 0 Å². The predicted octanol–water partition coefficient (Wildman–Crippen LogP) is 5.78. The molecule has 3 aromatic rings. The van der Waals surface area contributed by atoms with Gasteiger partial charge in [0.05, 0.1) is 24.4 Å². The second kappa shape index (κ2) is 15.2. The van der Waals surface area contributed by atoms with E-state index in [9.17, 15) is 27.9 Å². The van der Waals surface area contributed by atoms with Crippen LogP contribution in [0.4, 0.5) is 23.7 Å². The summed E-state index contributed by atoms with van der Waals surface area (Å²) < 4.78 is 60.5. The number of amides is 2. The minimum atomic E-state index is -4.91. The molecule has 4 unspecified atom stereocenters. The largest absolute Gasteiger partial charge is 0.573 e. The summed E-state index contributed by atoms with van der Waals surface area (Å²) in [5.41, 5.74) is 0.953. The number of ether oxygens (including phenoxy) is 4. The molecule has 0 spiro atoms. The van der Waals surface area contributed by atoms with Gasteiger partial charge in [-0.3, -0.25) is 9.69 Å². The van der Waals surface area contributed by atoms with E-state index in [1.54, 1.807) is 0 Å². The predicted molar refractivity (Wildman–Crippen MR) is 168 cm³/mol. The molecule has 0 saturated carbocycles. The van der Waals surface area contributed by atoms with Gasteiger partial charge in [-0.25, -0.2) is 9.10 Å². The van der Waals surface area contributed by atoms with Gasteiger partial charge in [-0.2, -0.15) is 0 Å². The van der Waals surface area contributed by atoms with Crippen LogP contribution in [0.1, 0.15) is 25.8 Å². The van der Waals surface area contributed by atoms with E-state index in [2.05, 4.69) is 23.9 Å². The number of rotatable bonds is 14. The number of hydrogen-bond donors (Lipinski definition) is 2. The molecular formula is C33H36F3N3O7S. The van der Waals surface area contributed by atoms with Crippen LogP contribution in [-0.2, 0) is 16.0 Å². The van der Waals surface area contributed by atoms with E-state index >= 15 is 0 Å². The van der Waals surface area contributed by atoms with Crippen LogP contribution < -0.4 is 24.4 Å². The fraction of sp³-hybridized carbons (Fsp3) is 0.394. The molecule has 47 heavy (non-hydrogen) atoms. The third kappa shape index (κ3) is 9.46. The number of halogens is 3. The number of carbonyl (C=O) groups excluding carboxylic acids is 2. The molecule has 2 heterocycles. The van der Waals surface area contributed by atoms with Gasteiger partial charge in [-0.15, -0.1) is 13.2 Å². The first-order valence-electron chi connectivity index (χ1n) is 15.2. The van der Waals surface area contributed by atoms with E-state index < -0.39 is 42.4 Å². The molecule has 0 aliphatic carbocycles. The molecule has 0 bridgehead atoms. The van der Waals surface area contributed by atoms with Gasteiger partial charge in [0.1, 0.15) is 5.75 Å². The molecule has 5 rings (SSSR count). The molecule has 1 saturated heterocycles. The first kappa shape index (κ1) is 34.2. The zero-order chi connectivity index (χ0) is 33.6. The molecule has 2 amide bonds. The molecule has 2 aliphatic heterocycles. The summed E-state index contributed by atoms with van der Waals surface area (Å²) in [6.45, 7) is 4.98. The summed E-state index contributed by atoms with van der Waals surface area (Å²) in [6.07, 6.45) is -6.88. The number of aliphatic hydroxyl groups excluding tert-OH is 1. The quantitative estimate of drug-likeness (QED) is 0.206. The van der Waals surface area contributed by atoms with E-state index in [1.165, 1.54) is 24.1 Å². The van der Waals surface area contributed by atoms with Crippen molar-refractivity contribution < 1.29 is 46.8 Å². The summed E-state index contributed by atoms with van der Waals surface area (Å²) in [5, 5.41) is 14.5. The number of hydrogen-bond acceptors (Lipinski definition) is 9. The first-order valence-corrected chi connectivity index (χ1v) is 15.9. The van der Waals surface area contributed by atoms with Crippen LogP contribution in [0.5, 0.6) is 17.2 Å². The molecule has 14 heteroatoms. The lowest BCUT2D eigenvalue weighted by Gasteiger charge is -2.31. The smallest absolute Gasteiger partial charge is 0.454 e. The molecule has 2 N–H and O–H groups in total. The number of aliphatic hydroxyl groups is 1. The van der Waals surface area contributed by atoms with Gasteiger partial charge in [0, 0.05) is 24.1 Å². The molecule has 1 fully saturated rings. The van der Waals surface area contributed by atoms with Crippen LogP contribution >= 0.6 is 11.9 Å².